The number of esters is 1. The third kappa shape index (κ3) is 3.61. The first kappa shape index (κ1) is 19.6. The maximum Gasteiger partial charge on any atom is 0.332 e. The van der Waals surface area contributed by atoms with Gasteiger partial charge in [0, 0.05) is 11.3 Å². The summed E-state index contributed by atoms with van der Waals surface area (Å²) in [7, 11) is -3.48. The van der Waals surface area contributed by atoms with E-state index in [1.807, 2.05) is 20.8 Å². The zero-order valence-electron chi connectivity index (χ0n) is 15.4. The van der Waals surface area contributed by atoms with Crippen LogP contribution in [0.25, 0.3) is 0 Å². The van der Waals surface area contributed by atoms with Crippen molar-refractivity contribution >= 4 is 22.0 Å². The van der Waals surface area contributed by atoms with Crippen LogP contribution >= 0.6 is 0 Å². The minimum absolute atomic E-state index is 0.0110. The van der Waals surface area contributed by atoms with Crippen molar-refractivity contribution in [1.29, 1.82) is 0 Å². The van der Waals surface area contributed by atoms with Gasteiger partial charge in [-0.3, -0.25) is 8.98 Å². The van der Waals surface area contributed by atoms with Crippen molar-refractivity contribution in [3.63, 3.8) is 0 Å². The molecule has 2 bridgehead atoms. The van der Waals surface area contributed by atoms with E-state index in [1.165, 1.54) is 0 Å². The van der Waals surface area contributed by atoms with Gasteiger partial charge in [-0.1, -0.05) is 20.8 Å². The molecule has 3 rings (SSSR count). The Morgan fingerprint density at radius 3 is 2.69 bits per heavy atom. The Morgan fingerprint density at radius 2 is 2.00 bits per heavy atom. The Hall–Kier alpha value is -1.19. The number of rotatable bonds is 8. The summed E-state index contributed by atoms with van der Waals surface area (Å²) in [6, 6.07) is 0. The zero-order valence-corrected chi connectivity index (χ0v) is 16.2. The maximum absolute atomic E-state index is 11.9. The highest BCUT2D eigenvalue weighted by Crippen LogP contribution is 2.55. The van der Waals surface area contributed by atoms with Crippen LogP contribution in [0.5, 0.6) is 0 Å². The van der Waals surface area contributed by atoms with Crippen molar-refractivity contribution in [1.82, 2.24) is 5.32 Å². The third-order valence-electron chi connectivity index (χ3n) is 5.96. The zero-order chi connectivity index (χ0) is 19.1. The van der Waals surface area contributed by atoms with Crippen LogP contribution in [0.4, 0.5) is 0 Å². The molecule has 2 saturated carbocycles. The quantitative estimate of drug-likeness (QED) is 0.368. The predicted octanol–water partition coefficient (Wildman–Crippen LogP) is 0.604. The molecule has 5 unspecified atom stereocenters. The highest BCUT2D eigenvalue weighted by molar-refractivity contribution is 7.87. The SMILES string of the molecule is CCC(C)(C)C(=O)NCCOC(=O)COC1C2CC3C1OS(=O)(=O)C3C2. The summed E-state index contributed by atoms with van der Waals surface area (Å²) in [5.41, 5.74) is -0.450. The molecule has 1 amide bonds. The molecule has 26 heavy (non-hydrogen) atoms. The van der Waals surface area contributed by atoms with Gasteiger partial charge in [-0.15, -0.1) is 0 Å². The molecule has 0 radical (unpaired) electrons. The molecule has 5 atom stereocenters. The fourth-order valence-electron chi connectivity index (χ4n) is 4.05. The third-order valence-corrected chi connectivity index (χ3v) is 7.73. The molecule has 1 heterocycles. The van der Waals surface area contributed by atoms with E-state index in [9.17, 15) is 18.0 Å². The van der Waals surface area contributed by atoms with Crippen molar-refractivity contribution in [3.8, 4) is 0 Å². The second-order valence-electron chi connectivity index (χ2n) is 7.98. The fraction of sp³-hybridized carbons (Fsp3) is 0.882. The normalized spacial score (nSPS) is 34.0. The van der Waals surface area contributed by atoms with E-state index < -0.39 is 32.9 Å². The Balaban J connectivity index is 1.36. The molecule has 1 aliphatic heterocycles. The van der Waals surface area contributed by atoms with Crippen molar-refractivity contribution in [2.45, 2.75) is 57.5 Å². The average molecular weight is 389 g/mol. The van der Waals surface area contributed by atoms with Crippen LogP contribution in [0.1, 0.15) is 40.0 Å². The van der Waals surface area contributed by atoms with E-state index in [1.54, 1.807) is 0 Å². The lowest BCUT2D eigenvalue weighted by atomic mass is 9.89. The Kier molecular flexibility index (Phi) is 5.33. The van der Waals surface area contributed by atoms with Crippen molar-refractivity contribution in [3.05, 3.63) is 0 Å². The van der Waals surface area contributed by atoms with E-state index >= 15 is 0 Å². The lowest BCUT2D eigenvalue weighted by molar-refractivity contribution is -0.154. The molecule has 8 nitrogen and oxygen atoms in total. The minimum atomic E-state index is -3.48. The van der Waals surface area contributed by atoms with Gasteiger partial charge in [0.05, 0.1) is 17.9 Å². The number of hydrogen-bond donors (Lipinski definition) is 1. The maximum atomic E-state index is 11.9. The monoisotopic (exact) mass is 389 g/mol. The van der Waals surface area contributed by atoms with Crippen LogP contribution < -0.4 is 5.32 Å². The first-order valence-electron chi connectivity index (χ1n) is 9.13. The number of carbonyl (C=O) groups is 2. The lowest BCUT2D eigenvalue weighted by Gasteiger charge is -2.24. The van der Waals surface area contributed by atoms with Crippen LogP contribution in [0, 0.1) is 17.3 Å². The van der Waals surface area contributed by atoms with Crippen LogP contribution in [0.3, 0.4) is 0 Å². The van der Waals surface area contributed by atoms with E-state index in [2.05, 4.69) is 5.32 Å². The van der Waals surface area contributed by atoms with E-state index in [0.29, 0.717) is 6.42 Å². The van der Waals surface area contributed by atoms with Gasteiger partial charge in [-0.25, -0.2) is 4.79 Å². The average Bonchev–Trinajstić information content (AvgIpc) is 3.19. The topological polar surface area (TPSA) is 108 Å². The van der Waals surface area contributed by atoms with E-state index in [0.717, 1.165) is 12.8 Å². The van der Waals surface area contributed by atoms with Crippen LogP contribution in [0.15, 0.2) is 0 Å². The molecule has 0 aromatic carbocycles. The Labute approximate surface area is 154 Å². The lowest BCUT2D eigenvalue weighted by Crippen LogP contribution is -2.39. The van der Waals surface area contributed by atoms with Crippen molar-refractivity contribution in [2.24, 2.45) is 17.3 Å². The highest BCUT2D eigenvalue weighted by atomic mass is 32.2. The molecule has 148 valence electrons. The van der Waals surface area contributed by atoms with E-state index in [-0.39, 0.29) is 43.6 Å². The Bertz CT molecular complexity index is 675. The van der Waals surface area contributed by atoms with Crippen LogP contribution in [-0.4, -0.2) is 57.5 Å². The number of hydrogen-bond acceptors (Lipinski definition) is 7. The molecule has 2 aliphatic carbocycles. The summed E-state index contributed by atoms with van der Waals surface area (Å²) >= 11 is 0. The first-order valence-corrected chi connectivity index (χ1v) is 10.6. The van der Waals surface area contributed by atoms with Gasteiger partial charge in [0.15, 0.2) is 0 Å². The Morgan fingerprint density at radius 1 is 1.27 bits per heavy atom. The van der Waals surface area contributed by atoms with Gasteiger partial charge in [-0.2, -0.15) is 8.42 Å². The summed E-state index contributed by atoms with van der Waals surface area (Å²) < 4.78 is 39.6. The number of nitrogens with one attached hydrogen (secondary N) is 1. The smallest absolute Gasteiger partial charge is 0.332 e. The highest BCUT2D eigenvalue weighted by Gasteiger charge is 2.64. The number of amides is 1. The van der Waals surface area contributed by atoms with Gasteiger partial charge in [0.1, 0.15) is 19.3 Å². The van der Waals surface area contributed by atoms with Crippen LogP contribution in [-0.2, 0) is 33.4 Å². The second kappa shape index (κ2) is 7.09. The number of carbonyl (C=O) groups excluding carboxylic acids is 2. The molecule has 1 saturated heterocycles. The first-order chi connectivity index (χ1) is 12.2. The summed E-state index contributed by atoms with van der Waals surface area (Å²) in [4.78, 5) is 23.7. The van der Waals surface area contributed by atoms with Gasteiger partial charge in [0.25, 0.3) is 10.1 Å². The van der Waals surface area contributed by atoms with Gasteiger partial charge in [-0.05, 0) is 25.2 Å². The van der Waals surface area contributed by atoms with Crippen LogP contribution in [0.2, 0.25) is 0 Å². The van der Waals surface area contributed by atoms with Crippen molar-refractivity contribution < 1.29 is 31.7 Å². The molecule has 0 aromatic rings. The van der Waals surface area contributed by atoms with Gasteiger partial charge in [0.2, 0.25) is 5.91 Å². The summed E-state index contributed by atoms with van der Waals surface area (Å²) in [6.07, 6.45) is 1.20. The summed E-state index contributed by atoms with van der Waals surface area (Å²) in [6.45, 7) is 5.72. The molecule has 3 aliphatic rings. The second-order valence-corrected chi connectivity index (χ2v) is 9.76. The predicted molar refractivity (Wildman–Crippen MR) is 91.6 cm³/mol. The summed E-state index contributed by atoms with van der Waals surface area (Å²) in [5, 5.41) is 2.33. The molecule has 3 fully saturated rings. The molecular formula is C17H27NO7S. The molecule has 1 N–H and O–H groups in total. The fourth-order valence-corrected chi connectivity index (χ4v) is 5.93. The van der Waals surface area contributed by atoms with E-state index in [4.69, 9.17) is 13.7 Å². The number of fused-ring (bicyclic) bond motifs is 1. The largest absolute Gasteiger partial charge is 0.462 e. The number of ether oxygens (including phenoxy) is 2. The standard InChI is InChI=1S/C17H27NO7S/c1-4-17(2,3)16(20)18-5-6-23-13(19)9-24-14-10-7-11-12(8-10)26(21,22)25-15(11)14/h10-12,14-15H,4-9H2,1-3H3,(H,18,20). The van der Waals surface area contributed by atoms with Crippen molar-refractivity contribution in [2.75, 3.05) is 19.8 Å². The molecule has 9 heteroatoms. The van der Waals surface area contributed by atoms with Gasteiger partial charge < -0.3 is 14.8 Å². The molecular weight excluding hydrogens is 362 g/mol. The molecule has 0 spiro atoms. The van der Waals surface area contributed by atoms with Gasteiger partial charge >= 0.3 is 5.97 Å². The minimum Gasteiger partial charge on any atom is -0.462 e. The molecule has 0 aromatic heterocycles. The summed E-state index contributed by atoms with van der Waals surface area (Å²) in [5.74, 6) is -0.503.